The van der Waals surface area contributed by atoms with Gasteiger partial charge in [0.1, 0.15) is 5.75 Å². The number of amides is 1. The van der Waals surface area contributed by atoms with Crippen molar-refractivity contribution in [3.8, 4) is 5.75 Å². The summed E-state index contributed by atoms with van der Waals surface area (Å²) < 4.78 is 11.5. The summed E-state index contributed by atoms with van der Waals surface area (Å²) in [5.41, 5.74) is 2.63. The van der Waals surface area contributed by atoms with Gasteiger partial charge in [0.25, 0.3) is 5.91 Å². The van der Waals surface area contributed by atoms with E-state index in [2.05, 4.69) is 5.32 Å². The van der Waals surface area contributed by atoms with Crippen molar-refractivity contribution in [3.05, 3.63) is 65.2 Å². The third kappa shape index (κ3) is 5.91. The van der Waals surface area contributed by atoms with E-state index in [9.17, 15) is 4.79 Å². The number of nitrogens with one attached hydrogen (secondary N) is 1. The van der Waals surface area contributed by atoms with Gasteiger partial charge in [-0.15, -0.1) is 0 Å². The molecule has 0 aromatic heterocycles. The predicted octanol–water partition coefficient (Wildman–Crippen LogP) is 4.33. The molecule has 1 amide bonds. The highest BCUT2D eigenvalue weighted by molar-refractivity contribution is 5.94. The fraction of sp³-hybridized carbons (Fsp3) is 0.381. The Labute approximate surface area is 150 Å². The number of ether oxygens (including phenoxy) is 2. The molecule has 4 heteroatoms. The van der Waals surface area contributed by atoms with E-state index in [4.69, 9.17) is 9.47 Å². The van der Waals surface area contributed by atoms with Gasteiger partial charge in [0, 0.05) is 17.2 Å². The number of rotatable bonds is 9. The highest BCUT2D eigenvalue weighted by Gasteiger charge is 2.12. The second-order valence-corrected chi connectivity index (χ2v) is 6.02. The zero-order chi connectivity index (χ0) is 18.1. The van der Waals surface area contributed by atoms with Crippen molar-refractivity contribution in [2.75, 3.05) is 6.61 Å². The summed E-state index contributed by atoms with van der Waals surface area (Å²) >= 11 is 0. The molecule has 0 unspecified atom stereocenters. The molecule has 0 saturated carbocycles. The Kier molecular flexibility index (Phi) is 7.48. The standard InChI is InChI=1S/C21H27NO3/c1-4-16(3)22-21(23)18-11-12-20(25-5-2)19(13-18)15-24-14-17-9-7-6-8-10-17/h6-13,16H,4-5,14-15H2,1-3H3,(H,22,23)/t16-/m1/s1. The molecule has 134 valence electrons. The van der Waals surface area contributed by atoms with Crippen molar-refractivity contribution >= 4 is 5.91 Å². The molecular formula is C21H27NO3. The molecule has 0 aliphatic heterocycles. The smallest absolute Gasteiger partial charge is 0.251 e. The Morgan fingerprint density at radius 3 is 2.52 bits per heavy atom. The van der Waals surface area contributed by atoms with Crippen LogP contribution in [0.2, 0.25) is 0 Å². The number of hydrogen-bond donors (Lipinski definition) is 1. The Hall–Kier alpha value is -2.33. The van der Waals surface area contributed by atoms with Crippen LogP contribution in [-0.4, -0.2) is 18.6 Å². The molecule has 2 rings (SSSR count). The second-order valence-electron chi connectivity index (χ2n) is 6.02. The zero-order valence-electron chi connectivity index (χ0n) is 15.2. The lowest BCUT2D eigenvalue weighted by atomic mass is 10.1. The molecule has 0 heterocycles. The lowest BCUT2D eigenvalue weighted by Crippen LogP contribution is -2.31. The van der Waals surface area contributed by atoms with Crippen molar-refractivity contribution in [2.24, 2.45) is 0 Å². The lowest BCUT2D eigenvalue weighted by Gasteiger charge is -2.15. The Morgan fingerprint density at radius 2 is 1.84 bits per heavy atom. The summed E-state index contributed by atoms with van der Waals surface area (Å²) in [5.74, 6) is 0.692. The van der Waals surface area contributed by atoms with Crippen molar-refractivity contribution in [2.45, 2.75) is 46.4 Å². The number of hydrogen-bond acceptors (Lipinski definition) is 3. The topological polar surface area (TPSA) is 47.6 Å². The van der Waals surface area contributed by atoms with Gasteiger partial charge in [0.05, 0.1) is 19.8 Å². The molecule has 2 aromatic rings. The first-order chi connectivity index (χ1) is 12.1. The van der Waals surface area contributed by atoms with Gasteiger partial charge < -0.3 is 14.8 Å². The van der Waals surface area contributed by atoms with Crippen LogP contribution in [0, 0.1) is 0 Å². The maximum absolute atomic E-state index is 12.3. The van der Waals surface area contributed by atoms with E-state index in [0.29, 0.717) is 25.4 Å². The molecular weight excluding hydrogens is 314 g/mol. The Balaban J connectivity index is 2.07. The molecule has 0 spiro atoms. The van der Waals surface area contributed by atoms with E-state index in [1.807, 2.05) is 63.2 Å². The van der Waals surface area contributed by atoms with Crippen LogP contribution >= 0.6 is 0 Å². The molecule has 0 bridgehead atoms. The van der Waals surface area contributed by atoms with Crippen LogP contribution in [0.25, 0.3) is 0 Å². The molecule has 1 atom stereocenters. The highest BCUT2D eigenvalue weighted by Crippen LogP contribution is 2.22. The summed E-state index contributed by atoms with van der Waals surface area (Å²) in [4.78, 5) is 12.3. The summed E-state index contributed by atoms with van der Waals surface area (Å²) in [6.45, 7) is 7.48. The zero-order valence-corrected chi connectivity index (χ0v) is 15.2. The maximum Gasteiger partial charge on any atom is 0.251 e. The van der Waals surface area contributed by atoms with Crippen LogP contribution in [0.1, 0.15) is 48.7 Å². The second kappa shape index (κ2) is 9.84. The fourth-order valence-electron chi connectivity index (χ4n) is 2.39. The molecule has 0 saturated heterocycles. The quantitative estimate of drug-likeness (QED) is 0.738. The Bertz CT molecular complexity index is 670. The van der Waals surface area contributed by atoms with Gasteiger partial charge in [-0.3, -0.25) is 4.79 Å². The van der Waals surface area contributed by atoms with Crippen molar-refractivity contribution in [1.82, 2.24) is 5.32 Å². The molecule has 1 N–H and O–H groups in total. The predicted molar refractivity (Wildman–Crippen MR) is 99.8 cm³/mol. The van der Waals surface area contributed by atoms with E-state index < -0.39 is 0 Å². The number of carbonyl (C=O) groups is 1. The molecule has 2 aromatic carbocycles. The SMILES string of the molecule is CCOc1ccc(C(=O)N[C@H](C)CC)cc1COCc1ccccc1. The molecule has 4 nitrogen and oxygen atoms in total. The van der Waals surface area contributed by atoms with Gasteiger partial charge in [-0.25, -0.2) is 0 Å². The van der Waals surface area contributed by atoms with Crippen molar-refractivity contribution in [1.29, 1.82) is 0 Å². The first kappa shape index (κ1) is 19.0. The molecule has 25 heavy (non-hydrogen) atoms. The minimum absolute atomic E-state index is 0.0679. The molecule has 0 radical (unpaired) electrons. The van der Waals surface area contributed by atoms with Crippen LogP contribution in [0.15, 0.2) is 48.5 Å². The van der Waals surface area contributed by atoms with E-state index in [-0.39, 0.29) is 11.9 Å². The molecule has 0 aliphatic rings. The van der Waals surface area contributed by atoms with Crippen LogP contribution in [0.4, 0.5) is 0 Å². The van der Waals surface area contributed by atoms with Crippen LogP contribution in [0.3, 0.4) is 0 Å². The van der Waals surface area contributed by atoms with Crippen LogP contribution < -0.4 is 10.1 Å². The van der Waals surface area contributed by atoms with Gasteiger partial charge in [-0.2, -0.15) is 0 Å². The van der Waals surface area contributed by atoms with E-state index in [1.165, 1.54) is 0 Å². The van der Waals surface area contributed by atoms with E-state index in [0.717, 1.165) is 23.3 Å². The largest absolute Gasteiger partial charge is 0.494 e. The summed E-state index contributed by atoms with van der Waals surface area (Å²) in [6.07, 6.45) is 0.899. The van der Waals surface area contributed by atoms with E-state index >= 15 is 0 Å². The van der Waals surface area contributed by atoms with Crippen molar-refractivity contribution in [3.63, 3.8) is 0 Å². The average Bonchev–Trinajstić information content (AvgIpc) is 2.63. The molecule has 0 fully saturated rings. The van der Waals surface area contributed by atoms with Gasteiger partial charge in [0.2, 0.25) is 0 Å². The van der Waals surface area contributed by atoms with Gasteiger partial charge in [-0.05, 0) is 44.0 Å². The van der Waals surface area contributed by atoms with Gasteiger partial charge >= 0.3 is 0 Å². The summed E-state index contributed by atoms with van der Waals surface area (Å²) in [6, 6.07) is 15.7. The monoisotopic (exact) mass is 341 g/mol. The average molecular weight is 341 g/mol. The lowest BCUT2D eigenvalue weighted by molar-refractivity contribution is 0.0937. The summed E-state index contributed by atoms with van der Waals surface area (Å²) in [5, 5.41) is 2.99. The first-order valence-electron chi connectivity index (χ1n) is 8.82. The first-order valence-corrected chi connectivity index (χ1v) is 8.82. The van der Waals surface area contributed by atoms with Crippen LogP contribution in [-0.2, 0) is 18.0 Å². The van der Waals surface area contributed by atoms with Crippen LogP contribution in [0.5, 0.6) is 5.75 Å². The van der Waals surface area contributed by atoms with Gasteiger partial charge in [-0.1, -0.05) is 37.3 Å². The minimum atomic E-state index is -0.0679. The number of carbonyl (C=O) groups excluding carboxylic acids is 1. The third-order valence-electron chi connectivity index (χ3n) is 3.98. The molecule has 0 aliphatic carbocycles. The fourth-order valence-corrected chi connectivity index (χ4v) is 2.39. The Morgan fingerprint density at radius 1 is 1.08 bits per heavy atom. The maximum atomic E-state index is 12.3. The number of benzene rings is 2. The normalized spacial score (nSPS) is 11.8. The summed E-state index contributed by atoms with van der Waals surface area (Å²) in [7, 11) is 0. The highest BCUT2D eigenvalue weighted by atomic mass is 16.5. The third-order valence-corrected chi connectivity index (χ3v) is 3.98. The minimum Gasteiger partial charge on any atom is -0.494 e. The van der Waals surface area contributed by atoms with Crippen molar-refractivity contribution < 1.29 is 14.3 Å². The van der Waals surface area contributed by atoms with E-state index in [1.54, 1.807) is 6.07 Å². The van der Waals surface area contributed by atoms with Gasteiger partial charge in [0.15, 0.2) is 0 Å².